The van der Waals surface area contributed by atoms with Crippen molar-refractivity contribution in [3.05, 3.63) is 58.9 Å². The number of esters is 1. The maximum Gasteiger partial charge on any atom is 0.305 e. The fourth-order valence-corrected chi connectivity index (χ4v) is 6.22. The van der Waals surface area contributed by atoms with Crippen LogP contribution in [-0.2, 0) is 38.2 Å². The highest BCUT2D eigenvalue weighted by atomic mass is 32.2. The van der Waals surface area contributed by atoms with E-state index >= 15 is 0 Å². The molecule has 3 rings (SSSR count). The fourth-order valence-electron chi connectivity index (χ4n) is 4.64. The summed E-state index contributed by atoms with van der Waals surface area (Å²) in [6, 6.07) is 12.3. The number of aliphatic hydroxyl groups is 1. The summed E-state index contributed by atoms with van der Waals surface area (Å²) in [7, 11) is 0. The van der Waals surface area contributed by atoms with Gasteiger partial charge in [0.05, 0.1) is 18.8 Å². The van der Waals surface area contributed by atoms with Crippen molar-refractivity contribution in [1.29, 1.82) is 0 Å². The van der Waals surface area contributed by atoms with Gasteiger partial charge in [-0.05, 0) is 66.3 Å². The van der Waals surface area contributed by atoms with Crippen molar-refractivity contribution in [3.8, 4) is 11.5 Å². The summed E-state index contributed by atoms with van der Waals surface area (Å²) in [5.74, 6) is 1.65. The van der Waals surface area contributed by atoms with E-state index in [1.54, 1.807) is 24.8 Å². The third-order valence-corrected chi connectivity index (χ3v) is 8.99. The first-order valence-electron chi connectivity index (χ1n) is 14.6. The molecule has 238 valence electrons. The molecule has 2 N–H and O–H groups in total. The minimum Gasteiger partial charge on any atom is -0.768 e. The minimum absolute atomic E-state index is 0.00193. The second-order valence-electron chi connectivity index (χ2n) is 10.7. The quantitative estimate of drug-likeness (QED) is 0.133. The number of hydrogen-bond donors (Lipinski definition) is 2. The Hall–Kier alpha value is -2.64. The molecule has 0 fully saturated rings. The van der Waals surface area contributed by atoms with Crippen LogP contribution in [0.1, 0.15) is 44.7 Å². The van der Waals surface area contributed by atoms with E-state index in [-0.39, 0.29) is 41.9 Å². The molecule has 0 spiro atoms. The first kappa shape index (κ1) is 34.8. The van der Waals surface area contributed by atoms with Crippen LogP contribution in [0.3, 0.4) is 0 Å². The normalized spacial score (nSPS) is 15.7. The Bertz CT molecular complexity index is 1200. The van der Waals surface area contributed by atoms with Gasteiger partial charge in [0.2, 0.25) is 12.7 Å². The second-order valence-corrected chi connectivity index (χ2v) is 12.8. The minimum atomic E-state index is -2.42. The smallest absolute Gasteiger partial charge is 0.305 e. The molecule has 5 unspecified atom stereocenters. The van der Waals surface area contributed by atoms with Crippen LogP contribution in [0, 0.1) is 11.8 Å². The zero-order chi connectivity index (χ0) is 31.2. The summed E-state index contributed by atoms with van der Waals surface area (Å²) in [5, 5.41) is 18.7. The molecule has 2 aromatic rings. The molecule has 0 bridgehead atoms. The Morgan fingerprint density at radius 1 is 1.14 bits per heavy atom. The molecule has 1 heterocycles. The van der Waals surface area contributed by atoms with Gasteiger partial charge in [-0.25, -0.2) is 0 Å². The van der Waals surface area contributed by atoms with Crippen LogP contribution in [-0.4, -0.2) is 75.9 Å². The average Bonchev–Trinajstić information content (AvgIpc) is 3.44. The molecule has 43 heavy (non-hydrogen) atoms. The molecular formula is C31H42N2O8S2-2. The van der Waals surface area contributed by atoms with Gasteiger partial charge in [0.1, 0.15) is 0 Å². The number of aliphatic hydroxyl groups excluding tert-OH is 1. The second kappa shape index (κ2) is 18.2. The predicted molar refractivity (Wildman–Crippen MR) is 166 cm³/mol. The number of hydrogen-bond acceptors (Lipinski definition) is 9. The van der Waals surface area contributed by atoms with E-state index in [9.17, 15) is 23.5 Å². The van der Waals surface area contributed by atoms with Crippen LogP contribution >= 0.6 is 11.8 Å². The Balaban J connectivity index is 1.51. The summed E-state index contributed by atoms with van der Waals surface area (Å²) in [5.41, 5.74) is 1.62. The SMILES string of the molecule is CCOC(=O)CCCSCC(C)C(=O)NC(Cc1ccccc1)C(O)C[N-]CC(C)Cc1cc2c(cc1S(=O)[O-])OCO2. The summed E-state index contributed by atoms with van der Waals surface area (Å²) in [6.07, 6.45) is 1.06. The summed E-state index contributed by atoms with van der Waals surface area (Å²) in [6.45, 7) is 6.56. The summed E-state index contributed by atoms with van der Waals surface area (Å²) < 4.78 is 39.2. The highest BCUT2D eigenvalue weighted by Crippen LogP contribution is 2.36. The third-order valence-electron chi connectivity index (χ3n) is 6.94. The molecular weight excluding hydrogens is 592 g/mol. The lowest BCUT2D eigenvalue weighted by Crippen LogP contribution is -2.48. The van der Waals surface area contributed by atoms with Crippen molar-refractivity contribution in [2.75, 3.05) is 38.0 Å². The number of nitrogens with zero attached hydrogens (tertiary/aromatic N) is 1. The number of ether oxygens (including phenoxy) is 3. The number of carbonyl (C=O) groups excluding carboxylic acids is 2. The molecule has 1 aliphatic heterocycles. The van der Waals surface area contributed by atoms with Gasteiger partial charge in [0.15, 0.2) is 11.5 Å². The van der Waals surface area contributed by atoms with Crippen molar-refractivity contribution in [2.24, 2.45) is 11.8 Å². The molecule has 1 aliphatic rings. The Labute approximate surface area is 260 Å². The van der Waals surface area contributed by atoms with Crippen LogP contribution in [0.25, 0.3) is 5.32 Å². The zero-order valence-corrected chi connectivity index (χ0v) is 26.6. The van der Waals surface area contributed by atoms with E-state index in [4.69, 9.17) is 14.2 Å². The molecule has 0 aromatic heterocycles. The van der Waals surface area contributed by atoms with Gasteiger partial charge < -0.3 is 34.5 Å². The third kappa shape index (κ3) is 11.8. The maximum absolute atomic E-state index is 13.0. The van der Waals surface area contributed by atoms with Gasteiger partial charge >= 0.3 is 5.97 Å². The van der Waals surface area contributed by atoms with Crippen molar-refractivity contribution in [3.63, 3.8) is 0 Å². The lowest BCUT2D eigenvalue weighted by Gasteiger charge is -2.32. The molecule has 0 saturated heterocycles. The monoisotopic (exact) mass is 634 g/mol. The Morgan fingerprint density at radius 3 is 2.56 bits per heavy atom. The zero-order valence-electron chi connectivity index (χ0n) is 25.0. The van der Waals surface area contributed by atoms with E-state index < -0.39 is 23.2 Å². The first-order valence-corrected chi connectivity index (χ1v) is 16.8. The molecule has 5 atom stereocenters. The number of rotatable bonds is 19. The number of nitrogens with one attached hydrogen (secondary N) is 1. The van der Waals surface area contributed by atoms with Gasteiger partial charge in [0.25, 0.3) is 0 Å². The number of carbonyl (C=O) groups is 2. The van der Waals surface area contributed by atoms with E-state index in [1.165, 1.54) is 6.07 Å². The lowest BCUT2D eigenvalue weighted by atomic mass is 9.99. The topological polar surface area (TPSA) is 148 Å². The van der Waals surface area contributed by atoms with E-state index in [1.807, 2.05) is 44.2 Å². The molecule has 1 amide bonds. The van der Waals surface area contributed by atoms with Gasteiger partial charge in [-0.2, -0.15) is 11.8 Å². The van der Waals surface area contributed by atoms with Crippen LogP contribution < -0.4 is 14.8 Å². The maximum atomic E-state index is 13.0. The first-order chi connectivity index (χ1) is 20.7. The van der Waals surface area contributed by atoms with Crippen LogP contribution in [0.4, 0.5) is 0 Å². The van der Waals surface area contributed by atoms with E-state index in [0.29, 0.717) is 61.7 Å². The number of amides is 1. The molecule has 0 aliphatic carbocycles. The summed E-state index contributed by atoms with van der Waals surface area (Å²) >= 11 is -0.808. The Morgan fingerprint density at radius 2 is 1.86 bits per heavy atom. The van der Waals surface area contributed by atoms with Crippen LogP contribution in [0.5, 0.6) is 11.5 Å². The number of benzene rings is 2. The molecule has 12 heteroatoms. The van der Waals surface area contributed by atoms with Crippen molar-refractivity contribution in [1.82, 2.24) is 5.32 Å². The predicted octanol–water partition coefficient (Wildman–Crippen LogP) is 4.01. The van der Waals surface area contributed by atoms with Crippen LogP contribution in [0.2, 0.25) is 0 Å². The average molecular weight is 635 g/mol. The van der Waals surface area contributed by atoms with Crippen LogP contribution in [0.15, 0.2) is 47.4 Å². The van der Waals surface area contributed by atoms with E-state index in [2.05, 4.69) is 10.6 Å². The van der Waals surface area contributed by atoms with E-state index in [0.717, 1.165) is 11.3 Å². The van der Waals surface area contributed by atoms with Gasteiger partial charge in [-0.15, -0.1) is 13.1 Å². The van der Waals surface area contributed by atoms with Crippen molar-refractivity contribution < 1.29 is 37.7 Å². The largest absolute Gasteiger partial charge is 0.768 e. The summed E-state index contributed by atoms with van der Waals surface area (Å²) in [4.78, 5) is 24.7. The number of thioether (sulfide) groups is 1. The van der Waals surface area contributed by atoms with Gasteiger partial charge in [-0.1, -0.05) is 50.1 Å². The Kier molecular flexibility index (Phi) is 14.8. The molecule has 2 aromatic carbocycles. The molecule has 0 radical (unpaired) electrons. The fraction of sp³-hybridized carbons (Fsp3) is 0.548. The molecule has 0 saturated carbocycles. The highest BCUT2D eigenvalue weighted by Gasteiger charge is 2.23. The number of fused-ring (bicyclic) bond motifs is 1. The lowest BCUT2D eigenvalue weighted by molar-refractivity contribution is -0.143. The van der Waals surface area contributed by atoms with Gasteiger partial charge in [-0.3, -0.25) is 13.8 Å². The van der Waals surface area contributed by atoms with Crippen molar-refractivity contribution in [2.45, 2.75) is 63.5 Å². The standard InChI is InChI=1S/C31H43N2O8S2/c1-4-39-30(35)11-8-12-42-19-22(3)31(36)33-25(14-23-9-6-5-7-10-23)26(34)18-32-17-21(2)13-24-15-27-28(41-20-40-27)16-29(24)43(37)38/h5-7,9-10,15-16,21-22,25-26,34H,4,8,11-14,17-20H2,1-3H3,(H,33,36)(H,37,38)/q-1/p-1. The van der Waals surface area contributed by atoms with Gasteiger partial charge in [0, 0.05) is 23.0 Å². The molecule has 10 nitrogen and oxygen atoms in total. The van der Waals surface area contributed by atoms with Crippen molar-refractivity contribution >= 4 is 34.7 Å². The highest BCUT2D eigenvalue weighted by molar-refractivity contribution is 7.99.